The summed E-state index contributed by atoms with van der Waals surface area (Å²) >= 11 is 0. The number of aromatic hydroxyl groups is 3. The molecule has 2 heterocycles. The molecule has 1 saturated heterocycles. The van der Waals surface area contributed by atoms with E-state index in [-0.39, 0.29) is 41.1 Å². The van der Waals surface area contributed by atoms with Crippen molar-refractivity contribution in [3.8, 4) is 28.4 Å². The predicted molar refractivity (Wildman–Crippen MR) is 194 cm³/mol. The van der Waals surface area contributed by atoms with Crippen molar-refractivity contribution < 1.29 is 34.0 Å². The third-order valence-corrected chi connectivity index (χ3v) is 7.76. The van der Waals surface area contributed by atoms with Crippen LogP contribution in [0.25, 0.3) is 22.1 Å². The maximum atomic E-state index is 12.4. The molecule has 49 heavy (non-hydrogen) atoms. The molecule has 260 valence electrons. The third kappa shape index (κ3) is 12.2. The van der Waals surface area contributed by atoms with E-state index in [4.69, 9.17) is 19.0 Å². The van der Waals surface area contributed by atoms with Crippen LogP contribution in [-0.2, 0) is 15.9 Å². The van der Waals surface area contributed by atoms with Gasteiger partial charge in [0.1, 0.15) is 35.3 Å². The Balaban J connectivity index is 0.000000200. The average Bonchev–Trinajstić information content (AvgIpc) is 3.67. The average molecular weight is 670 g/mol. The maximum absolute atomic E-state index is 12.4. The van der Waals surface area contributed by atoms with Crippen molar-refractivity contribution in [1.82, 2.24) is 4.90 Å². The number of phenolic OH excluding ortho intramolecular Hbond substituents is 3. The molecular formula is C40H47NO8. The van der Waals surface area contributed by atoms with Crippen molar-refractivity contribution in [2.45, 2.75) is 46.3 Å². The molecule has 3 N–H and O–H groups in total. The third-order valence-electron chi connectivity index (χ3n) is 7.76. The normalized spacial score (nSPS) is 12.6. The molecule has 0 amide bonds. The Morgan fingerprint density at radius 1 is 0.837 bits per heavy atom. The molecule has 0 saturated carbocycles. The van der Waals surface area contributed by atoms with Gasteiger partial charge in [0.25, 0.3) is 0 Å². The Bertz CT molecular complexity index is 1820. The molecule has 1 unspecified atom stereocenters. The number of ketones is 1. The van der Waals surface area contributed by atoms with E-state index in [1.807, 2.05) is 51.9 Å². The number of benzene rings is 4. The highest BCUT2D eigenvalue weighted by Gasteiger charge is 2.12. The van der Waals surface area contributed by atoms with E-state index < -0.39 is 0 Å². The number of nitrogens with zero attached hydrogens (tertiary/aromatic N) is 1. The molecule has 1 aromatic heterocycles. The molecule has 5 aromatic rings. The van der Waals surface area contributed by atoms with E-state index in [1.165, 1.54) is 31.2 Å². The van der Waals surface area contributed by atoms with Gasteiger partial charge in [0.2, 0.25) is 0 Å². The minimum absolute atomic E-state index is 0.0128. The van der Waals surface area contributed by atoms with Gasteiger partial charge in [0.15, 0.2) is 11.2 Å². The lowest BCUT2D eigenvalue weighted by atomic mass is 10.0. The van der Waals surface area contributed by atoms with Gasteiger partial charge in [-0.05, 0) is 118 Å². The number of Topliss-reactive ketones (excluding diaryl/α,β-unsaturated/α-hetero) is 1. The first-order valence-electron chi connectivity index (χ1n) is 16.1. The number of carbonyl (C=O) groups excluding carboxylic acids is 1. The van der Waals surface area contributed by atoms with Crippen LogP contribution >= 0.6 is 0 Å². The molecule has 1 atom stereocenters. The summed E-state index contributed by atoms with van der Waals surface area (Å²) in [5.74, 6) is 0.214. The van der Waals surface area contributed by atoms with Crippen molar-refractivity contribution in [3.05, 3.63) is 124 Å². The predicted octanol–water partition coefficient (Wildman–Crippen LogP) is 7.64. The van der Waals surface area contributed by atoms with Crippen LogP contribution in [0.5, 0.6) is 17.2 Å². The van der Waals surface area contributed by atoms with Crippen LogP contribution in [0.1, 0.15) is 46.8 Å². The van der Waals surface area contributed by atoms with Crippen molar-refractivity contribution >= 4 is 16.8 Å². The van der Waals surface area contributed by atoms with Gasteiger partial charge in [-0.2, -0.15) is 0 Å². The molecule has 1 aliphatic heterocycles. The van der Waals surface area contributed by atoms with Crippen LogP contribution in [0.15, 0.2) is 100 Å². The van der Waals surface area contributed by atoms with E-state index in [2.05, 4.69) is 0 Å². The van der Waals surface area contributed by atoms with E-state index >= 15 is 0 Å². The summed E-state index contributed by atoms with van der Waals surface area (Å²) in [4.78, 5) is 26.4. The van der Waals surface area contributed by atoms with E-state index in [1.54, 1.807) is 67.8 Å². The van der Waals surface area contributed by atoms with Crippen LogP contribution in [0.2, 0.25) is 0 Å². The second-order valence-corrected chi connectivity index (χ2v) is 11.9. The molecule has 6 rings (SSSR count). The fourth-order valence-electron chi connectivity index (χ4n) is 4.57. The van der Waals surface area contributed by atoms with E-state index in [9.17, 15) is 19.8 Å². The first kappa shape index (κ1) is 38.5. The standard InChI is InChI=1S/C16H12O3.C15H14O3.C5H13NO.C4H8O/c1-10-2-7-13-15(8-10)19-9-14(16(13)18)11-3-5-12(17)6-4-11;1-10-2-7-13(14(17)8-10)15(18)9-11-3-5-12(16)6-4-11;1-5(7-4)6(2)3;1-2-4-5-3-1/h2-9,17H,1H3;2-8,16-17H,9H2,1H3;5H,1-4H3;1-4H2. The number of rotatable bonds is 6. The lowest BCUT2D eigenvalue weighted by Crippen LogP contribution is -2.25. The van der Waals surface area contributed by atoms with Gasteiger partial charge in [-0.3, -0.25) is 14.5 Å². The minimum atomic E-state index is -0.141. The first-order valence-corrected chi connectivity index (χ1v) is 16.1. The van der Waals surface area contributed by atoms with Crippen LogP contribution in [0.3, 0.4) is 0 Å². The topological polar surface area (TPSA) is 130 Å². The SMILES string of the molecule is C1CCOC1.COC(C)N(C)C.Cc1ccc(C(=O)Cc2ccc(O)cc2)c(O)c1.Cc1ccc2c(=O)c(-c3ccc(O)cc3)coc2c1. The second kappa shape index (κ2) is 19.1. The zero-order valence-corrected chi connectivity index (χ0v) is 29.1. The van der Waals surface area contributed by atoms with Gasteiger partial charge in [-0.1, -0.05) is 36.4 Å². The van der Waals surface area contributed by atoms with E-state index in [0.717, 1.165) is 35.5 Å². The number of methoxy groups -OCH3 is 1. The van der Waals surface area contributed by atoms with Gasteiger partial charge in [-0.25, -0.2) is 0 Å². The highest BCUT2D eigenvalue weighted by atomic mass is 16.5. The van der Waals surface area contributed by atoms with Crippen molar-refractivity contribution in [2.75, 3.05) is 34.4 Å². The number of ether oxygens (including phenoxy) is 2. The smallest absolute Gasteiger partial charge is 0.200 e. The summed E-state index contributed by atoms with van der Waals surface area (Å²) in [7, 11) is 5.66. The summed E-state index contributed by atoms with van der Waals surface area (Å²) in [5, 5.41) is 28.7. The van der Waals surface area contributed by atoms with Gasteiger partial charge < -0.3 is 29.2 Å². The molecule has 9 nitrogen and oxygen atoms in total. The van der Waals surface area contributed by atoms with Crippen molar-refractivity contribution in [3.63, 3.8) is 0 Å². The van der Waals surface area contributed by atoms with Gasteiger partial charge in [-0.15, -0.1) is 0 Å². The van der Waals surface area contributed by atoms with Crippen LogP contribution in [0.4, 0.5) is 0 Å². The zero-order valence-electron chi connectivity index (χ0n) is 29.1. The van der Waals surface area contributed by atoms with E-state index in [0.29, 0.717) is 22.1 Å². The van der Waals surface area contributed by atoms with Gasteiger partial charge >= 0.3 is 0 Å². The highest BCUT2D eigenvalue weighted by Crippen LogP contribution is 2.23. The Labute approximate surface area is 288 Å². The fourth-order valence-corrected chi connectivity index (χ4v) is 4.57. The molecule has 1 fully saturated rings. The summed E-state index contributed by atoms with van der Waals surface area (Å²) in [5.41, 5.74) is 4.85. The molecular weight excluding hydrogens is 622 g/mol. The molecule has 0 radical (unpaired) electrons. The largest absolute Gasteiger partial charge is 0.508 e. The lowest BCUT2D eigenvalue weighted by Gasteiger charge is -2.16. The van der Waals surface area contributed by atoms with Crippen molar-refractivity contribution in [1.29, 1.82) is 0 Å². The molecule has 4 aromatic carbocycles. The molecule has 0 aliphatic carbocycles. The quantitative estimate of drug-likeness (QED) is 0.123. The summed E-state index contributed by atoms with van der Waals surface area (Å²) in [6, 6.07) is 23.5. The monoisotopic (exact) mass is 669 g/mol. The Kier molecular flexibility index (Phi) is 15.0. The Hall–Kier alpha value is -4.96. The summed E-state index contributed by atoms with van der Waals surface area (Å²) in [6.45, 7) is 7.81. The molecule has 1 aliphatic rings. The van der Waals surface area contributed by atoms with Crippen molar-refractivity contribution in [2.24, 2.45) is 0 Å². The first-order chi connectivity index (χ1) is 23.4. The summed E-state index contributed by atoms with van der Waals surface area (Å²) < 4.78 is 15.4. The lowest BCUT2D eigenvalue weighted by molar-refractivity contribution is 0.0116. The summed E-state index contributed by atoms with van der Waals surface area (Å²) in [6.07, 6.45) is 4.47. The number of hydrogen-bond acceptors (Lipinski definition) is 9. The van der Waals surface area contributed by atoms with Gasteiger partial charge in [0.05, 0.1) is 16.5 Å². The number of hydrogen-bond donors (Lipinski definition) is 3. The number of aryl methyl sites for hydroxylation is 2. The Morgan fingerprint density at radius 3 is 1.92 bits per heavy atom. The zero-order chi connectivity index (χ0) is 35.9. The maximum Gasteiger partial charge on any atom is 0.200 e. The molecule has 0 bridgehead atoms. The minimum Gasteiger partial charge on any atom is -0.508 e. The Morgan fingerprint density at radius 2 is 1.41 bits per heavy atom. The van der Waals surface area contributed by atoms with Gasteiger partial charge in [0, 0.05) is 26.7 Å². The highest BCUT2D eigenvalue weighted by molar-refractivity contribution is 5.99. The number of phenols is 3. The molecule has 0 spiro atoms. The number of fused-ring (bicyclic) bond motifs is 1. The van der Waals surface area contributed by atoms with Crippen LogP contribution < -0.4 is 5.43 Å². The molecule has 9 heteroatoms. The fraction of sp³-hybridized carbons (Fsp3) is 0.300. The number of carbonyl (C=O) groups is 1. The van der Waals surface area contributed by atoms with Crippen LogP contribution in [-0.4, -0.2) is 66.6 Å². The van der Waals surface area contributed by atoms with Crippen LogP contribution in [0, 0.1) is 13.8 Å². The second-order valence-electron chi connectivity index (χ2n) is 11.9.